The first-order valence-corrected chi connectivity index (χ1v) is 12.3. The second-order valence-electron chi connectivity index (χ2n) is 8.30. The molecule has 0 atom stereocenters. The third-order valence-electron chi connectivity index (χ3n) is 5.70. The number of hydrogen-bond acceptors (Lipinski definition) is 8. The van der Waals surface area contributed by atoms with Crippen LogP contribution >= 0.6 is 11.5 Å². The molecular weight excluding hydrogens is 486 g/mol. The summed E-state index contributed by atoms with van der Waals surface area (Å²) in [5.74, 6) is 0.0413. The summed E-state index contributed by atoms with van der Waals surface area (Å²) in [7, 11) is 1.76. The highest BCUT2D eigenvalue weighted by molar-refractivity contribution is 7.10. The van der Waals surface area contributed by atoms with Crippen LogP contribution in [-0.4, -0.2) is 49.6 Å². The van der Waals surface area contributed by atoms with Crippen LogP contribution in [0.1, 0.15) is 26.3 Å². The SMILES string of the molecule is CN(CCc1ccncc1)C(=O)c1cccc(NC(=O)c2cnsc2Nc2cnc3ccccc3n2)c1. The van der Waals surface area contributed by atoms with Gasteiger partial charge in [-0.15, -0.1) is 0 Å². The summed E-state index contributed by atoms with van der Waals surface area (Å²) < 4.78 is 4.16. The Balaban J connectivity index is 1.25. The van der Waals surface area contributed by atoms with E-state index in [1.807, 2.05) is 36.4 Å². The standard InChI is InChI=1S/C27H23N7O2S/c1-34(14-11-18-9-12-28-13-10-18)27(36)19-5-4-6-20(15-19)31-25(35)21-16-30-37-26(21)33-24-17-29-22-7-2-3-8-23(22)32-24/h2-10,12-13,15-17H,11,14H2,1H3,(H,31,35)(H,32,33). The van der Waals surface area contributed by atoms with Gasteiger partial charge in [-0.05, 0) is 66.0 Å². The molecule has 2 amide bonds. The largest absolute Gasteiger partial charge is 0.341 e. The maximum atomic E-state index is 13.1. The van der Waals surface area contributed by atoms with Crippen LogP contribution in [0, 0.1) is 0 Å². The van der Waals surface area contributed by atoms with E-state index in [1.54, 1.807) is 54.8 Å². The Kier molecular flexibility index (Phi) is 7.09. The van der Waals surface area contributed by atoms with Crippen molar-refractivity contribution in [3.63, 3.8) is 0 Å². The number of nitrogens with one attached hydrogen (secondary N) is 2. The van der Waals surface area contributed by atoms with Crippen LogP contribution in [0.25, 0.3) is 11.0 Å². The van der Waals surface area contributed by atoms with Crippen LogP contribution in [-0.2, 0) is 6.42 Å². The molecule has 5 aromatic rings. The number of aromatic nitrogens is 4. The zero-order valence-electron chi connectivity index (χ0n) is 20.0. The zero-order chi connectivity index (χ0) is 25.6. The van der Waals surface area contributed by atoms with Gasteiger partial charge >= 0.3 is 0 Å². The van der Waals surface area contributed by atoms with Crippen LogP contribution < -0.4 is 10.6 Å². The Labute approximate surface area is 217 Å². The van der Waals surface area contributed by atoms with E-state index < -0.39 is 0 Å². The van der Waals surface area contributed by atoms with Crippen molar-refractivity contribution in [3.05, 3.63) is 102 Å². The first kappa shape index (κ1) is 24.0. The molecule has 0 saturated heterocycles. The predicted octanol–water partition coefficient (Wildman–Crippen LogP) is 4.79. The van der Waals surface area contributed by atoms with Crippen LogP contribution in [0.4, 0.5) is 16.5 Å². The monoisotopic (exact) mass is 509 g/mol. The third kappa shape index (κ3) is 5.76. The lowest BCUT2D eigenvalue weighted by molar-refractivity contribution is 0.0796. The molecular formula is C27H23N7O2S. The minimum atomic E-state index is -0.347. The van der Waals surface area contributed by atoms with Crippen LogP contribution in [0.5, 0.6) is 0 Å². The van der Waals surface area contributed by atoms with Gasteiger partial charge in [-0.2, -0.15) is 4.37 Å². The molecule has 3 aromatic heterocycles. The summed E-state index contributed by atoms with van der Waals surface area (Å²) in [5, 5.41) is 6.55. The van der Waals surface area contributed by atoms with Crippen molar-refractivity contribution < 1.29 is 9.59 Å². The molecule has 9 nitrogen and oxygen atoms in total. The lowest BCUT2D eigenvalue weighted by Gasteiger charge is -2.18. The Morgan fingerprint density at radius 3 is 2.62 bits per heavy atom. The summed E-state index contributed by atoms with van der Waals surface area (Å²) >= 11 is 1.15. The topological polar surface area (TPSA) is 113 Å². The van der Waals surface area contributed by atoms with E-state index in [-0.39, 0.29) is 11.8 Å². The molecule has 2 N–H and O–H groups in total. The number of likely N-dealkylation sites (N-methyl/N-ethyl adjacent to an activating group) is 1. The van der Waals surface area contributed by atoms with E-state index in [0.717, 1.165) is 34.6 Å². The van der Waals surface area contributed by atoms with Gasteiger partial charge in [0.25, 0.3) is 11.8 Å². The number of nitrogens with zero attached hydrogens (tertiary/aromatic N) is 5. The predicted molar refractivity (Wildman–Crippen MR) is 144 cm³/mol. The molecule has 37 heavy (non-hydrogen) atoms. The molecule has 2 aromatic carbocycles. The average molecular weight is 510 g/mol. The molecule has 0 saturated carbocycles. The summed E-state index contributed by atoms with van der Waals surface area (Å²) in [6, 6.07) is 18.3. The number of fused-ring (bicyclic) bond motifs is 1. The molecule has 0 fully saturated rings. The number of carbonyl (C=O) groups is 2. The number of pyridine rings is 1. The smallest absolute Gasteiger partial charge is 0.260 e. The van der Waals surface area contributed by atoms with Crippen molar-refractivity contribution in [2.24, 2.45) is 0 Å². The van der Waals surface area contributed by atoms with Gasteiger partial charge < -0.3 is 15.5 Å². The molecule has 0 unspecified atom stereocenters. The fourth-order valence-electron chi connectivity index (χ4n) is 3.72. The first-order chi connectivity index (χ1) is 18.1. The number of hydrogen-bond donors (Lipinski definition) is 2. The highest BCUT2D eigenvalue weighted by Crippen LogP contribution is 2.26. The molecule has 0 aliphatic heterocycles. The van der Waals surface area contributed by atoms with E-state index in [1.165, 1.54) is 6.20 Å². The minimum Gasteiger partial charge on any atom is -0.341 e. The number of benzene rings is 2. The second kappa shape index (κ2) is 10.9. The minimum absolute atomic E-state index is 0.125. The lowest BCUT2D eigenvalue weighted by atomic mass is 10.1. The van der Waals surface area contributed by atoms with Crippen molar-refractivity contribution >= 4 is 50.9 Å². The van der Waals surface area contributed by atoms with Crippen LogP contribution in [0.15, 0.2) is 85.5 Å². The number of anilines is 3. The molecule has 3 heterocycles. The van der Waals surface area contributed by atoms with E-state index in [9.17, 15) is 9.59 Å². The summed E-state index contributed by atoms with van der Waals surface area (Å²) in [5.41, 5.74) is 4.01. The molecule has 0 bridgehead atoms. The maximum absolute atomic E-state index is 13.1. The molecule has 0 spiro atoms. The van der Waals surface area contributed by atoms with Crippen molar-refractivity contribution in [2.75, 3.05) is 24.2 Å². The van der Waals surface area contributed by atoms with Crippen molar-refractivity contribution in [1.82, 2.24) is 24.2 Å². The Morgan fingerprint density at radius 2 is 1.78 bits per heavy atom. The molecule has 0 aliphatic rings. The van der Waals surface area contributed by atoms with Gasteiger partial charge in [-0.3, -0.25) is 19.6 Å². The molecule has 0 radical (unpaired) electrons. The molecule has 184 valence electrons. The molecule has 10 heteroatoms. The normalized spacial score (nSPS) is 10.7. The fourth-order valence-corrected chi connectivity index (χ4v) is 4.38. The van der Waals surface area contributed by atoms with Gasteiger partial charge in [-0.25, -0.2) is 4.98 Å². The van der Waals surface area contributed by atoms with Crippen molar-refractivity contribution in [1.29, 1.82) is 0 Å². The molecule has 5 rings (SSSR count). The van der Waals surface area contributed by atoms with Gasteiger partial charge in [0.2, 0.25) is 0 Å². The first-order valence-electron chi connectivity index (χ1n) is 11.6. The lowest BCUT2D eigenvalue weighted by Crippen LogP contribution is -2.29. The second-order valence-corrected chi connectivity index (χ2v) is 9.11. The summed E-state index contributed by atoms with van der Waals surface area (Å²) in [6.07, 6.45) is 7.32. The average Bonchev–Trinajstić information content (AvgIpc) is 3.40. The molecule has 0 aliphatic carbocycles. The fraction of sp³-hybridized carbons (Fsp3) is 0.111. The third-order valence-corrected chi connectivity index (χ3v) is 6.42. The van der Waals surface area contributed by atoms with Crippen molar-refractivity contribution in [3.8, 4) is 0 Å². The van der Waals surface area contributed by atoms with Gasteiger partial charge in [0.15, 0.2) is 0 Å². The summed E-state index contributed by atoms with van der Waals surface area (Å²) in [6.45, 7) is 0.562. The number of para-hydroxylation sites is 2. The Morgan fingerprint density at radius 1 is 0.973 bits per heavy atom. The van der Waals surface area contributed by atoms with Crippen molar-refractivity contribution in [2.45, 2.75) is 6.42 Å². The quantitative estimate of drug-likeness (QED) is 0.309. The van der Waals surface area contributed by atoms with Crippen LogP contribution in [0.3, 0.4) is 0 Å². The van der Waals surface area contributed by atoms with E-state index in [2.05, 4.69) is 30.0 Å². The highest BCUT2D eigenvalue weighted by Gasteiger charge is 2.17. The van der Waals surface area contributed by atoms with Gasteiger partial charge in [0.1, 0.15) is 10.8 Å². The number of carbonyl (C=O) groups excluding carboxylic acids is 2. The zero-order valence-corrected chi connectivity index (χ0v) is 20.8. The summed E-state index contributed by atoms with van der Waals surface area (Å²) in [4.78, 5) is 40.6. The van der Waals surface area contributed by atoms with Crippen LogP contribution in [0.2, 0.25) is 0 Å². The Bertz CT molecular complexity index is 1560. The van der Waals surface area contributed by atoms with E-state index >= 15 is 0 Å². The van der Waals surface area contributed by atoms with E-state index in [0.29, 0.717) is 34.2 Å². The van der Waals surface area contributed by atoms with Gasteiger partial charge in [-0.1, -0.05) is 18.2 Å². The van der Waals surface area contributed by atoms with Gasteiger partial charge in [0, 0.05) is 37.2 Å². The van der Waals surface area contributed by atoms with Gasteiger partial charge in [0.05, 0.1) is 29.0 Å². The highest BCUT2D eigenvalue weighted by atomic mass is 32.1. The van der Waals surface area contributed by atoms with E-state index in [4.69, 9.17) is 0 Å². The Hall–Kier alpha value is -4.70. The number of amides is 2. The number of rotatable bonds is 8. The maximum Gasteiger partial charge on any atom is 0.260 e.